The largest absolute Gasteiger partial charge is 0.534 e. The summed E-state index contributed by atoms with van der Waals surface area (Å²) in [5, 5.41) is 1.96. The number of hydrogen-bond donors (Lipinski definition) is 1. The zero-order valence-corrected chi connectivity index (χ0v) is 37.1. The molecule has 2 atom stereocenters. The van der Waals surface area contributed by atoms with Crippen LogP contribution in [0.3, 0.4) is 0 Å². The highest BCUT2D eigenvalue weighted by atomic mass is 32.2. The Balaban J connectivity index is 1.35. The lowest BCUT2D eigenvalue weighted by atomic mass is 9.99. The van der Waals surface area contributed by atoms with Gasteiger partial charge in [-0.2, -0.15) is 13.2 Å². The van der Waals surface area contributed by atoms with Crippen LogP contribution < -0.4 is 19.5 Å². The first-order chi connectivity index (χ1) is 28.4. The van der Waals surface area contributed by atoms with Gasteiger partial charge in [0.05, 0.1) is 29.8 Å². The predicted molar refractivity (Wildman–Crippen MR) is 230 cm³/mol. The van der Waals surface area contributed by atoms with Gasteiger partial charge in [-0.1, -0.05) is 93.6 Å². The summed E-state index contributed by atoms with van der Waals surface area (Å²) in [6, 6.07) is 28.7. The molecule has 4 aromatic rings. The third-order valence-corrected chi connectivity index (χ3v) is 17.9. The third-order valence-electron chi connectivity index (χ3n) is 11.6. The van der Waals surface area contributed by atoms with E-state index in [1.807, 2.05) is 61.5 Å². The summed E-state index contributed by atoms with van der Waals surface area (Å²) in [6.07, 6.45) is -4.51. The Labute approximate surface area is 353 Å². The van der Waals surface area contributed by atoms with Crippen LogP contribution in [-0.4, -0.2) is 123 Å². The van der Waals surface area contributed by atoms with E-state index in [9.17, 15) is 26.4 Å². The third kappa shape index (κ3) is 10.3. The maximum atomic E-state index is 14.5. The van der Waals surface area contributed by atoms with Crippen molar-refractivity contribution in [1.82, 2.24) is 19.4 Å². The highest BCUT2D eigenvalue weighted by Crippen LogP contribution is 2.39. The topological polar surface area (TPSA) is 101 Å². The summed E-state index contributed by atoms with van der Waals surface area (Å²) in [5.74, 6) is 0.0647. The number of piperazine rings is 1. The summed E-state index contributed by atoms with van der Waals surface area (Å²) < 4.78 is 88.8. The van der Waals surface area contributed by atoms with Gasteiger partial charge in [0.25, 0.3) is 5.91 Å². The number of hydrogen-bond acceptors (Lipinski definition) is 8. The smallest absolute Gasteiger partial charge is 0.416 e. The zero-order valence-electron chi connectivity index (χ0n) is 35.3. The lowest BCUT2D eigenvalue weighted by molar-refractivity contribution is -0.137. The van der Waals surface area contributed by atoms with E-state index >= 15 is 0 Å². The minimum Gasteiger partial charge on any atom is -0.534 e. The Bertz CT molecular complexity index is 2150. The molecule has 0 aromatic heterocycles. The zero-order chi connectivity index (χ0) is 43.3. The molecule has 0 unspecified atom stereocenters. The number of carbonyl (C=O) groups excluding carboxylic acids is 1. The van der Waals surface area contributed by atoms with Crippen LogP contribution in [0.25, 0.3) is 0 Å². The van der Waals surface area contributed by atoms with Crippen molar-refractivity contribution in [1.29, 1.82) is 0 Å². The fourth-order valence-corrected chi connectivity index (χ4v) is 13.7. The van der Waals surface area contributed by atoms with Gasteiger partial charge < -0.3 is 18.8 Å². The first-order valence-corrected chi connectivity index (χ1v) is 23.8. The summed E-state index contributed by atoms with van der Waals surface area (Å²) in [6.45, 7) is 14.0. The summed E-state index contributed by atoms with van der Waals surface area (Å²) in [4.78, 5) is 20.1. The first kappa shape index (κ1) is 45.4. The molecule has 2 heterocycles. The van der Waals surface area contributed by atoms with Crippen LogP contribution in [0.5, 0.6) is 5.75 Å². The summed E-state index contributed by atoms with van der Waals surface area (Å²) in [7, 11) is -4.53. The minimum atomic E-state index is -4.88. The molecule has 1 N–H and O–H groups in total. The molecule has 60 heavy (non-hydrogen) atoms. The number of morpholine rings is 1. The fraction of sp³-hybridized carbons (Fsp3) is 0.444. The number of rotatable bonds is 14. The molecule has 1 amide bonds. The van der Waals surface area contributed by atoms with Gasteiger partial charge in [-0.3, -0.25) is 14.6 Å². The number of ether oxygens (including phenoxy) is 2. The molecule has 324 valence electrons. The molecule has 0 saturated carbocycles. The number of benzene rings is 4. The second kappa shape index (κ2) is 18.9. The van der Waals surface area contributed by atoms with Crippen LogP contribution in [0.15, 0.2) is 102 Å². The SMILES string of the molecule is CNS(=O)(=O)c1cc(C(=O)N2CCN(CCN3CCO[C@H](COC)C3)C[C@H]2Cc2ccc(C)c(O[Si](c3ccccc3)(c3ccccc3)C(C)(C)C)c2)cc(C(F)(F)F)c1. The maximum Gasteiger partial charge on any atom is 0.416 e. The number of halogens is 3. The second-order valence-corrected chi connectivity index (χ2v) is 22.8. The number of nitrogens with zero attached hydrogens (tertiary/aromatic N) is 3. The number of carbonyl (C=O) groups is 1. The first-order valence-electron chi connectivity index (χ1n) is 20.4. The van der Waals surface area contributed by atoms with Crippen LogP contribution in [0, 0.1) is 6.92 Å². The summed E-state index contributed by atoms with van der Waals surface area (Å²) in [5.41, 5.74) is 0.299. The molecule has 2 saturated heterocycles. The molecular formula is C45H57F3N4O6SSi. The van der Waals surface area contributed by atoms with E-state index in [1.165, 1.54) is 0 Å². The quantitative estimate of drug-likeness (QED) is 0.164. The number of aryl methyl sites for hydroxylation is 1. The van der Waals surface area contributed by atoms with E-state index in [-0.39, 0.29) is 23.3 Å². The predicted octanol–water partition coefficient (Wildman–Crippen LogP) is 5.58. The van der Waals surface area contributed by atoms with Gasteiger partial charge in [-0.05, 0) is 71.2 Å². The molecule has 15 heteroatoms. The molecule has 2 aliphatic heterocycles. The van der Waals surface area contributed by atoms with E-state index in [1.54, 1.807) is 12.0 Å². The van der Waals surface area contributed by atoms with E-state index < -0.39 is 46.9 Å². The second-order valence-electron chi connectivity index (χ2n) is 16.7. The summed E-state index contributed by atoms with van der Waals surface area (Å²) >= 11 is 0. The Kier molecular flexibility index (Phi) is 14.3. The maximum absolute atomic E-state index is 14.5. The molecule has 0 spiro atoms. The molecule has 0 radical (unpaired) electrons. The number of alkyl halides is 3. The van der Waals surface area contributed by atoms with Gasteiger partial charge in [0.1, 0.15) is 5.75 Å². The number of nitrogens with one attached hydrogen (secondary N) is 1. The normalized spacial score (nSPS) is 18.7. The van der Waals surface area contributed by atoms with Gasteiger partial charge in [-0.25, -0.2) is 13.1 Å². The van der Waals surface area contributed by atoms with Crippen LogP contribution >= 0.6 is 0 Å². The standard InChI is InChI=1S/C45H57F3N4O6SSi/c1-33-17-18-34(26-42(33)58-60(44(2,3)4,40-13-9-7-10-14-40)41-15-11-8-12-16-41)25-37-30-50(19-20-51-23-24-57-38(31-51)32-56-6)21-22-52(37)43(53)35-27-36(45(46,47)48)29-39(28-35)59(54,55)49-5/h7-18,26-29,37-38,49H,19-25,30-32H2,1-6H3/t37-,38+/m1/s1. The van der Waals surface area contributed by atoms with Crippen molar-refractivity contribution in [3.05, 3.63) is 119 Å². The van der Waals surface area contributed by atoms with Crippen molar-refractivity contribution in [2.75, 3.05) is 73.2 Å². The van der Waals surface area contributed by atoms with Crippen LogP contribution in [0.2, 0.25) is 5.04 Å². The highest BCUT2D eigenvalue weighted by Gasteiger charge is 2.52. The van der Waals surface area contributed by atoms with E-state index in [0.29, 0.717) is 45.3 Å². The van der Waals surface area contributed by atoms with Crippen molar-refractivity contribution in [3.8, 4) is 5.75 Å². The molecule has 2 aliphatic rings. The lowest BCUT2D eigenvalue weighted by Crippen LogP contribution is -2.68. The van der Waals surface area contributed by atoms with Crippen molar-refractivity contribution in [2.24, 2.45) is 0 Å². The van der Waals surface area contributed by atoms with Gasteiger partial charge in [0, 0.05) is 64.5 Å². The average molecular weight is 867 g/mol. The van der Waals surface area contributed by atoms with Crippen molar-refractivity contribution in [2.45, 2.75) is 62.4 Å². The van der Waals surface area contributed by atoms with E-state index in [0.717, 1.165) is 66.1 Å². The molecule has 6 rings (SSSR count). The van der Waals surface area contributed by atoms with Gasteiger partial charge in [-0.15, -0.1) is 0 Å². The minimum absolute atomic E-state index is 0.0168. The average Bonchev–Trinajstić information content (AvgIpc) is 3.23. The van der Waals surface area contributed by atoms with E-state index in [4.69, 9.17) is 13.9 Å². The Hall–Kier alpha value is -4.09. The monoisotopic (exact) mass is 866 g/mol. The molecule has 4 aromatic carbocycles. The number of sulfonamides is 1. The lowest BCUT2D eigenvalue weighted by Gasteiger charge is -2.44. The van der Waals surface area contributed by atoms with E-state index in [2.05, 4.69) is 59.6 Å². The molecule has 10 nitrogen and oxygen atoms in total. The Morgan fingerprint density at radius 3 is 2.08 bits per heavy atom. The fourth-order valence-electron chi connectivity index (χ4n) is 8.41. The van der Waals surface area contributed by atoms with Crippen LogP contribution in [0.4, 0.5) is 13.2 Å². The van der Waals surface area contributed by atoms with Crippen LogP contribution in [0.1, 0.15) is 47.8 Å². The highest BCUT2D eigenvalue weighted by molar-refractivity contribution is 7.89. The van der Waals surface area contributed by atoms with Crippen molar-refractivity contribution < 1.29 is 40.3 Å². The van der Waals surface area contributed by atoms with Crippen molar-refractivity contribution >= 4 is 34.6 Å². The molecule has 2 fully saturated rings. The molecular weight excluding hydrogens is 810 g/mol. The molecule has 0 aliphatic carbocycles. The van der Waals surface area contributed by atoms with Gasteiger partial charge >= 0.3 is 14.5 Å². The Morgan fingerprint density at radius 1 is 0.867 bits per heavy atom. The van der Waals surface area contributed by atoms with Crippen molar-refractivity contribution in [3.63, 3.8) is 0 Å². The number of amides is 1. The molecule has 0 bridgehead atoms. The van der Waals surface area contributed by atoms with Crippen LogP contribution in [-0.2, 0) is 32.1 Å². The van der Waals surface area contributed by atoms with Gasteiger partial charge in [0.2, 0.25) is 10.0 Å². The number of methoxy groups -OCH3 is 1. The van der Waals surface area contributed by atoms with Gasteiger partial charge in [0.15, 0.2) is 0 Å². The Morgan fingerprint density at radius 2 is 1.50 bits per heavy atom.